The van der Waals surface area contributed by atoms with E-state index in [1.54, 1.807) is 6.20 Å². The highest BCUT2D eigenvalue weighted by Gasteiger charge is 2.26. The number of pyridine rings is 1. The first-order chi connectivity index (χ1) is 9.68. The molecule has 0 saturated carbocycles. The molecule has 1 aliphatic rings. The van der Waals surface area contributed by atoms with Crippen LogP contribution in [0, 0.1) is 0 Å². The van der Waals surface area contributed by atoms with Gasteiger partial charge in [0.1, 0.15) is 5.15 Å². The Balaban J connectivity index is 2.06. The lowest BCUT2D eigenvalue weighted by atomic mass is 10.1. The molecule has 0 unspecified atom stereocenters. The Kier molecular flexibility index (Phi) is 3.59. The third-order valence-corrected chi connectivity index (χ3v) is 3.91. The largest absolute Gasteiger partial charge is 0.377 e. The Bertz CT molecular complexity index is 659. The second-order valence-corrected chi connectivity index (χ2v) is 5.29. The lowest BCUT2D eigenvalue weighted by Crippen LogP contribution is -2.47. The van der Waals surface area contributed by atoms with Crippen LogP contribution in [-0.4, -0.2) is 41.6 Å². The topological polar surface area (TPSA) is 42.4 Å². The van der Waals surface area contributed by atoms with E-state index >= 15 is 0 Å². The van der Waals surface area contributed by atoms with E-state index < -0.39 is 0 Å². The molecule has 0 bridgehead atoms. The van der Waals surface area contributed by atoms with Gasteiger partial charge in [0.2, 0.25) is 0 Å². The Morgan fingerprint density at radius 3 is 2.90 bits per heavy atom. The van der Waals surface area contributed by atoms with Crippen LogP contribution in [0.25, 0.3) is 10.8 Å². The first kappa shape index (κ1) is 13.3. The van der Waals surface area contributed by atoms with Crippen LogP contribution in [0.5, 0.6) is 0 Å². The van der Waals surface area contributed by atoms with Crippen molar-refractivity contribution in [1.82, 2.24) is 9.88 Å². The first-order valence-corrected chi connectivity index (χ1v) is 6.98. The van der Waals surface area contributed by atoms with Crippen molar-refractivity contribution >= 4 is 28.3 Å². The van der Waals surface area contributed by atoms with Crippen molar-refractivity contribution in [1.29, 1.82) is 0 Å². The Morgan fingerprint density at radius 1 is 1.40 bits per heavy atom. The zero-order chi connectivity index (χ0) is 14.1. The highest BCUT2D eigenvalue weighted by Crippen LogP contribution is 2.25. The Labute approximate surface area is 122 Å². The minimum absolute atomic E-state index is 0.0128. The van der Waals surface area contributed by atoms with Gasteiger partial charge in [0.05, 0.1) is 24.8 Å². The number of hydrogen-bond donors (Lipinski definition) is 0. The van der Waals surface area contributed by atoms with Crippen molar-refractivity contribution in [2.75, 3.05) is 19.8 Å². The van der Waals surface area contributed by atoms with Gasteiger partial charge in [0.15, 0.2) is 0 Å². The number of carbonyl (C=O) groups is 1. The predicted octanol–water partition coefficient (Wildman–Crippen LogP) is 2.75. The summed E-state index contributed by atoms with van der Waals surface area (Å²) in [6.07, 6.45) is 1.56. The van der Waals surface area contributed by atoms with Gasteiger partial charge >= 0.3 is 0 Å². The molecule has 104 valence electrons. The Hall–Kier alpha value is -1.65. The molecule has 1 saturated heterocycles. The molecule has 2 aromatic rings. The summed E-state index contributed by atoms with van der Waals surface area (Å²) in [5.74, 6) is -0.0128. The fraction of sp³-hybridized carbons (Fsp3) is 0.333. The highest BCUT2D eigenvalue weighted by atomic mass is 35.5. The van der Waals surface area contributed by atoms with Gasteiger partial charge in [-0.1, -0.05) is 35.9 Å². The van der Waals surface area contributed by atoms with Crippen LogP contribution in [0.1, 0.15) is 17.3 Å². The van der Waals surface area contributed by atoms with E-state index in [0.717, 1.165) is 10.8 Å². The number of hydrogen-bond acceptors (Lipinski definition) is 3. The second-order valence-electron chi connectivity index (χ2n) is 4.93. The number of nitrogens with zero attached hydrogens (tertiary/aromatic N) is 2. The van der Waals surface area contributed by atoms with Gasteiger partial charge < -0.3 is 9.64 Å². The maximum Gasteiger partial charge on any atom is 0.256 e. The molecule has 0 radical (unpaired) electrons. The van der Waals surface area contributed by atoms with Crippen molar-refractivity contribution in [3.63, 3.8) is 0 Å². The third-order valence-electron chi connectivity index (χ3n) is 3.61. The summed E-state index contributed by atoms with van der Waals surface area (Å²) < 4.78 is 5.37. The third kappa shape index (κ3) is 2.25. The second kappa shape index (κ2) is 5.38. The summed E-state index contributed by atoms with van der Waals surface area (Å²) >= 11 is 6.09. The van der Waals surface area contributed by atoms with Crippen LogP contribution in [0.2, 0.25) is 5.15 Å². The lowest BCUT2D eigenvalue weighted by molar-refractivity contribution is 0.00368. The SMILES string of the molecule is C[C@@H]1COCCN1C(=O)c1cnc(Cl)c2ccccc12. The number of aromatic nitrogens is 1. The summed E-state index contributed by atoms with van der Waals surface area (Å²) in [5.41, 5.74) is 0.596. The maximum atomic E-state index is 12.7. The number of morpholine rings is 1. The fourth-order valence-electron chi connectivity index (χ4n) is 2.51. The molecule has 0 aliphatic carbocycles. The van der Waals surface area contributed by atoms with Gasteiger partial charge in [0, 0.05) is 18.1 Å². The van der Waals surface area contributed by atoms with E-state index in [2.05, 4.69) is 4.98 Å². The standard InChI is InChI=1S/C15H15ClN2O2/c1-10-9-20-7-6-18(10)15(19)13-8-17-14(16)12-5-3-2-4-11(12)13/h2-5,8,10H,6-7,9H2,1H3/t10-/m1/s1. The number of rotatable bonds is 1. The van der Waals surface area contributed by atoms with Gasteiger partial charge in [-0.25, -0.2) is 4.98 Å². The number of ether oxygens (including phenoxy) is 1. The molecule has 3 rings (SSSR count). The summed E-state index contributed by atoms with van der Waals surface area (Å²) in [6.45, 7) is 3.75. The number of halogens is 1. The van der Waals surface area contributed by atoms with Crippen LogP contribution >= 0.6 is 11.6 Å². The molecular weight excluding hydrogens is 276 g/mol. The average Bonchev–Trinajstić information content (AvgIpc) is 2.48. The van der Waals surface area contributed by atoms with Crippen molar-refractivity contribution in [2.24, 2.45) is 0 Å². The molecule has 1 aromatic carbocycles. The van der Waals surface area contributed by atoms with Crippen LogP contribution in [0.15, 0.2) is 30.5 Å². The molecule has 1 aliphatic heterocycles. The molecule has 20 heavy (non-hydrogen) atoms. The average molecular weight is 291 g/mol. The van der Waals surface area contributed by atoms with Crippen molar-refractivity contribution in [2.45, 2.75) is 13.0 Å². The lowest BCUT2D eigenvalue weighted by Gasteiger charge is -2.33. The fourth-order valence-corrected chi connectivity index (χ4v) is 2.73. The minimum Gasteiger partial charge on any atom is -0.377 e. The number of benzene rings is 1. The molecule has 2 heterocycles. The summed E-state index contributed by atoms with van der Waals surface area (Å²) in [7, 11) is 0. The van der Waals surface area contributed by atoms with E-state index in [1.807, 2.05) is 36.1 Å². The molecule has 0 N–H and O–H groups in total. The zero-order valence-corrected chi connectivity index (χ0v) is 11.9. The quantitative estimate of drug-likeness (QED) is 0.759. The van der Waals surface area contributed by atoms with Crippen LogP contribution in [0.4, 0.5) is 0 Å². The van der Waals surface area contributed by atoms with Crippen LogP contribution in [0.3, 0.4) is 0 Å². The molecule has 4 nitrogen and oxygen atoms in total. The number of carbonyl (C=O) groups excluding carboxylic acids is 1. The van der Waals surface area contributed by atoms with Crippen LogP contribution in [-0.2, 0) is 4.74 Å². The smallest absolute Gasteiger partial charge is 0.256 e. The van der Waals surface area contributed by atoms with Gasteiger partial charge in [0.25, 0.3) is 5.91 Å². The number of fused-ring (bicyclic) bond motifs is 1. The molecule has 1 amide bonds. The van der Waals surface area contributed by atoms with Crippen molar-refractivity contribution < 1.29 is 9.53 Å². The van der Waals surface area contributed by atoms with Gasteiger partial charge in [-0.3, -0.25) is 4.79 Å². The number of amides is 1. The summed E-state index contributed by atoms with van der Waals surface area (Å²) in [6, 6.07) is 7.65. The van der Waals surface area contributed by atoms with E-state index in [4.69, 9.17) is 16.3 Å². The van der Waals surface area contributed by atoms with Gasteiger partial charge in [-0.05, 0) is 12.3 Å². The predicted molar refractivity (Wildman–Crippen MR) is 78.1 cm³/mol. The van der Waals surface area contributed by atoms with Gasteiger partial charge in [-0.2, -0.15) is 0 Å². The molecule has 5 heteroatoms. The normalized spacial score (nSPS) is 19.3. The minimum atomic E-state index is -0.0128. The van der Waals surface area contributed by atoms with Crippen LogP contribution < -0.4 is 0 Å². The van der Waals surface area contributed by atoms with Crippen molar-refractivity contribution in [3.8, 4) is 0 Å². The highest BCUT2D eigenvalue weighted by molar-refractivity contribution is 6.34. The zero-order valence-electron chi connectivity index (χ0n) is 11.2. The first-order valence-electron chi connectivity index (χ1n) is 6.60. The Morgan fingerprint density at radius 2 is 2.15 bits per heavy atom. The summed E-state index contributed by atoms with van der Waals surface area (Å²) in [4.78, 5) is 18.7. The van der Waals surface area contributed by atoms with Crippen molar-refractivity contribution in [3.05, 3.63) is 41.2 Å². The van der Waals surface area contributed by atoms with E-state index in [0.29, 0.717) is 30.5 Å². The molecule has 1 fully saturated rings. The van der Waals surface area contributed by atoms with E-state index in [9.17, 15) is 4.79 Å². The molecule has 1 aromatic heterocycles. The molecule has 0 spiro atoms. The molecular formula is C15H15ClN2O2. The van der Waals surface area contributed by atoms with E-state index in [1.165, 1.54) is 0 Å². The maximum absolute atomic E-state index is 12.7. The van der Waals surface area contributed by atoms with E-state index in [-0.39, 0.29) is 11.9 Å². The summed E-state index contributed by atoms with van der Waals surface area (Å²) in [5, 5.41) is 2.07. The monoisotopic (exact) mass is 290 g/mol. The molecule has 1 atom stereocenters. The van der Waals surface area contributed by atoms with Gasteiger partial charge in [-0.15, -0.1) is 0 Å².